The molecule has 0 aromatic heterocycles. The Morgan fingerprint density at radius 3 is 2.51 bits per heavy atom. The average Bonchev–Trinajstić information content (AvgIpc) is 3.54. The van der Waals surface area contributed by atoms with Crippen LogP contribution < -0.4 is 10.1 Å². The SMILES string of the molecule is CCOc1cccc(CN2[C@H]3CCN(Cc4ccc(C(=O)OC)cc4)C(=O)[C@H]3[C@H](c3cccc(Cl)c3F)[C@]23C(=O)Nc2cc(Cl)ccc23)c1. The molecule has 3 aliphatic rings. The summed E-state index contributed by atoms with van der Waals surface area (Å²) >= 11 is 12.8. The topological polar surface area (TPSA) is 88.2 Å². The highest BCUT2D eigenvalue weighted by Gasteiger charge is 2.69. The van der Waals surface area contributed by atoms with Crippen molar-refractivity contribution in [3.8, 4) is 5.75 Å². The molecule has 1 spiro atoms. The maximum Gasteiger partial charge on any atom is 0.337 e. The monoisotopic (exact) mass is 701 g/mol. The van der Waals surface area contributed by atoms with Crippen LogP contribution in [0.15, 0.2) is 84.9 Å². The summed E-state index contributed by atoms with van der Waals surface area (Å²) in [6.45, 7) is 3.37. The van der Waals surface area contributed by atoms with Crippen LogP contribution in [0.2, 0.25) is 10.0 Å². The zero-order chi connectivity index (χ0) is 34.4. The maximum absolute atomic E-state index is 16.3. The van der Waals surface area contributed by atoms with E-state index in [1.165, 1.54) is 13.2 Å². The molecule has 8 nitrogen and oxygen atoms in total. The zero-order valence-electron chi connectivity index (χ0n) is 26.9. The normalized spacial score (nSPS) is 23.0. The van der Waals surface area contributed by atoms with Gasteiger partial charge in [-0.1, -0.05) is 65.7 Å². The Hall–Kier alpha value is -4.44. The molecule has 1 N–H and O–H groups in total. The number of likely N-dealkylation sites (tertiary alicyclic amines) is 2. The molecule has 0 radical (unpaired) electrons. The third-order valence-corrected chi connectivity index (χ3v) is 10.5. The summed E-state index contributed by atoms with van der Waals surface area (Å²) in [5, 5.41) is 3.39. The fraction of sp³-hybridized carbons (Fsp3) is 0.289. The molecule has 0 unspecified atom stereocenters. The Morgan fingerprint density at radius 2 is 1.76 bits per heavy atom. The van der Waals surface area contributed by atoms with E-state index in [1.807, 2.05) is 31.2 Å². The Kier molecular flexibility index (Phi) is 8.85. The number of fused-ring (bicyclic) bond motifs is 3. The van der Waals surface area contributed by atoms with Crippen LogP contribution in [0.5, 0.6) is 5.75 Å². The van der Waals surface area contributed by atoms with Crippen LogP contribution in [-0.4, -0.2) is 53.9 Å². The molecule has 2 fully saturated rings. The fourth-order valence-corrected chi connectivity index (χ4v) is 8.37. The van der Waals surface area contributed by atoms with Crippen LogP contribution in [0.4, 0.5) is 10.1 Å². The molecule has 3 aliphatic heterocycles. The lowest BCUT2D eigenvalue weighted by Gasteiger charge is -2.40. The van der Waals surface area contributed by atoms with Gasteiger partial charge in [-0.05, 0) is 72.5 Å². The van der Waals surface area contributed by atoms with E-state index in [2.05, 4.69) is 10.2 Å². The summed E-state index contributed by atoms with van der Waals surface area (Å²) in [4.78, 5) is 45.4. The molecule has 4 aromatic carbocycles. The first kappa shape index (κ1) is 33.1. The van der Waals surface area contributed by atoms with Gasteiger partial charge in [-0.3, -0.25) is 14.5 Å². The van der Waals surface area contributed by atoms with Gasteiger partial charge >= 0.3 is 5.97 Å². The Bertz CT molecular complexity index is 1960. The number of amides is 2. The van der Waals surface area contributed by atoms with Gasteiger partial charge in [-0.2, -0.15) is 0 Å². The number of methoxy groups -OCH3 is 1. The molecule has 7 rings (SSSR count). The minimum Gasteiger partial charge on any atom is -0.494 e. The predicted molar refractivity (Wildman–Crippen MR) is 184 cm³/mol. The number of nitrogens with zero attached hydrogens (tertiary/aromatic N) is 2. The lowest BCUT2D eigenvalue weighted by Crippen LogP contribution is -2.52. The van der Waals surface area contributed by atoms with Crippen molar-refractivity contribution in [1.82, 2.24) is 9.80 Å². The molecular formula is C38H34Cl2FN3O5. The lowest BCUT2D eigenvalue weighted by molar-refractivity contribution is -0.141. The minimum atomic E-state index is -1.48. The van der Waals surface area contributed by atoms with Gasteiger partial charge in [0.1, 0.15) is 17.1 Å². The van der Waals surface area contributed by atoms with Crippen LogP contribution in [0, 0.1) is 11.7 Å². The first-order valence-electron chi connectivity index (χ1n) is 16.2. The van der Waals surface area contributed by atoms with Crippen LogP contribution in [0.25, 0.3) is 0 Å². The zero-order valence-corrected chi connectivity index (χ0v) is 28.4. The van der Waals surface area contributed by atoms with Crippen LogP contribution >= 0.6 is 23.2 Å². The van der Waals surface area contributed by atoms with E-state index in [4.69, 9.17) is 32.7 Å². The van der Waals surface area contributed by atoms with E-state index in [0.29, 0.717) is 53.7 Å². The molecule has 4 aromatic rings. The molecule has 2 amide bonds. The van der Waals surface area contributed by atoms with Gasteiger partial charge in [0.25, 0.3) is 0 Å². The van der Waals surface area contributed by atoms with Crippen molar-refractivity contribution in [3.63, 3.8) is 0 Å². The van der Waals surface area contributed by atoms with E-state index >= 15 is 4.39 Å². The van der Waals surface area contributed by atoms with E-state index in [-0.39, 0.29) is 28.9 Å². The number of halogens is 3. The van der Waals surface area contributed by atoms with E-state index in [9.17, 15) is 14.4 Å². The number of piperidine rings is 1. The van der Waals surface area contributed by atoms with Crippen molar-refractivity contribution in [2.24, 2.45) is 5.92 Å². The number of rotatable bonds is 8. The number of esters is 1. The molecule has 0 aliphatic carbocycles. The van der Waals surface area contributed by atoms with Crippen molar-refractivity contribution in [2.75, 3.05) is 25.6 Å². The summed E-state index contributed by atoms with van der Waals surface area (Å²) in [6, 6.07) is 24.1. The minimum absolute atomic E-state index is 0.0902. The van der Waals surface area contributed by atoms with Gasteiger partial charge in [0, 0.05) is 47.9 Å². The molecular weight excluding hydrogens is 668 g/mol. The van der Waals surface area contributed by atoms with Gasteiger partial charge < -0.3 is 19.7 Å². The maximum atomic E-state index is 16.3. The second kappa shape index (κ2) is 13.1. The molecule has 3 heterocycles. The van der Waals surface area contributed by atoms with Crippen molar-refractivity contribution >= 4 is 46.7 Å². The third-order valence-electron chi connectivity index (χ3n) is 9.98. The first-order chi connectivity index (χ1) is 23.7. The number of hydrogen-bond donors (Lipinski definition) is 1. The van der Waals surface area contributed by atoms with E-state index in [0.717, 1.165) is 11.1 Å². The van der Waals surface area contributed by atoms with Gasteiger partial charge in [0.05, 0.1) is 30.2 Å². The quantitative estimate of drug-likeness (QED) is 0.196. The fourth-order valence-electron chi connectivity index (χ4n) is 8.01. The molecule has 4 atom stereocenters. The number of carbonyl (C=O) groups excluding carboxylic acids is 3. The Labute approximate surface area is 293 Å². The summed E-state index contributed by atoms with van der Waals surface area (Å²) in [5.41, 5.74) is 1.97. The largest absolute Gasteiger partial charge is 0.494 e. The van der Waals surface area contributed by atoms with Crippen molar-refractivity contribution in [3.05, 3.63) is 129 Å². The second-order valence-corrected chi connectivity index (χ2v) is 13.4. The Morgan fingerprint density at radius 1 is 0.980 bits per heavy atom. The molecule has 11 heteroatoms. The molecule has 2 saturated heterocycles. The van der Waals surface area contributed by atoms with Gasteiger partial charge in [-0.25, -0.2) is 9.18 Å². The van der Waals surface area contributed by atoms with Crippen LogP contribution in [0.1, 0.15) is 51.9 Å². The standard InChI is InChI=1S/C38H34Cl2FN3O5/c1-3-49-26-7-4-6-23(18-26)21-44-31-16-17-43(20-22-10-12-24(13-11-22)36(46)48-2)35(45)32(31)33(27-8-5-9-29(40)34(27)41)38(44)28-15-14-25(39)19-30(28)42-37(38)47/h4-15,18-19,31-33H,3,16-17,20-21H2,1-2H3,(H,42,47)/t31-,32+,33-,38+/m0/s1. The number of nitrogens with one attached hydrogen (secondary N) is 1. The summed E-state index contributed by atoms with van der Waals surface area (Å²) in [6.07, 6.45) is 0.526. The van der Waals surface area contributed by atoms with Crippen LogP contribution in [-0.2, 0) is 33.0 Å². The van der Waals surface area contributed by atoms with Crippen molar-refractivity contribution in [1.29, 1.82) is 0 Å². The second-order valence-electron chi connectivity index (χ2n) is 12.6. The third kappa shape index (κ3) is 5.54. The summed E-state index contributed by atoms with van der Waals surface area (Å²) in [5.74, 6) is -2.72. The first-order valence-corrected chi connectivity index (χ1v) is 16.9. The van der Waals surface area contributed by atoms with Gasteiger partial charge in [-0.15, -0.1) is 0 Å². The van der Waals surface area contributed by atoms with Gasteiger partial charge in [0.15, 0.2) is 0 Å². The Balaban J connectivity index is 1.38. The summed E-state index contributed by atoms with van der Waals surface area (Å²) < 4.78 is 26.9. The van der Waals surface area contributed by atoms with E-state index in [1.54, 1.807) is 59.5 Å². The van der Waals surface area contributed by atoms with E-state index < -0.39 is 35.2 Å². The highest BCUT2D eigenvalue weighted by atomic mass is 35.5. The molecule has 49 heavy (non-hydrogen) atoms. The molecule has 0 bridgehead atoms. The number of benzene rings is 4. The highest BCUT2D eigenvalue weighted by molar-refractivity contribution is 6.31. The van der Waals surface area contributed by atoms with Gasteiger partial charge in [0.2, 0.25) is 11.8 Å². The number of carbonyl (C=O) groups is 3. The number of hydrogen-bond acceptors (Lipinski definition) is 6. The lowest BCUT2D eigenvalue weighted by atomic mass is 9.70. The summed E-state index contributed by atoms with van der Waals surface area (Å²) in [7, 11) is 1.32. The molecule has 252 valence electrons. The molecule has 0 saturated carbocycles. The van der Waals surface area contributed by atoms with Crippen LogP contribution in [0.3, 0.4) is 0 Å². The van der Waals surface area contributed by atoms with Crippen molar-refractivity contribution in [2.45, 2.75) is 43.9 Å². The number of anilines is 1. The predicted octanol–water partition coefficient (Wildman–Crippen LogP) is 7.18. The smallest absolute Gasteiger partial charge is 0.337 e. The van der Waals surface area contributed by atoms with Crippen molar-refractivity contribution < 1.29 is 28.2 Å². The highest BCUT2D eigenvalue weighted by Crippen LogP contribution is 2.62. The number of ether oxygens (including phenoxy) is 2. The average molecular weight is 703 g/mol.